The molecule has 0 unspecified atom stereocenters. The third kappa shape index (κ3) is 4.46. The molecule has 0 aliphatic carbocycles. The molecule has 1 fully saturated rings. The number of amides is 1. The van der Waals surface area contributed by atoms with Crippen LogP contribution in [0.2, 0.25) is 0 Å². The third-order valence-corrected chi connectivity index (χ3v) is 5.77. The number of aromatic nitrogens is 4. The average Bonchev–Trinajstić information content (AvgIpc) is 3.23. The molecular formula is C25H28N6O2. The van der Waals surface area contributed by atoms with Crippen LogP contribution in [-0.2, 0) is 4.74 Å². The van der Waals surface area contributed by atoms with E-state index in [1.807, 2.05) is 61.7 Å². The SMILES string of the molecule is CC(C)(C)OC(=O)N1CCC(Nc2cccc3ccc(-c4nnc5ccccn45)nc23)CC1. The molecule has 0 atom stereocenters. The van der Waals surface area contributed by atoms with Crippen LogP contribution in [0.5, 0.6) is 0 Å². The summed E-state index contributed by atoms with van der Waals surface area (Å²) < 4.78 is 7.45. The van der Waals surface area contributed by atoms with Gasteiger partial charge in [-0.05, 0) is 57.9 Å². The Morgan fingerprint density at radius 1 is 1.03 bits per heavy atom. The lowest BCUT2D eigenvalue weighted by Crippen LogP contribution is -2.44. The van der Waals surface area contributed by atoms with E-state index in [1.165, 1.54) is 0 Å². The Morgan fingerprint density at radius 2 is 1.85 bits per heavy atom. The number of likely N-dealkylation sites (tertiary alicyclic amines) is 1. The molecule has 1 amide bonds. The second-order valence-corrected chi connectivity index (χ2v) is 9.41. The van der Waals surface area contributed by atoms with Crippen LogP contribution >= 0.6 is 0 Å². The molecule has 1 aliphatic heterocycles. The average molecular weight is 445 g/mol. The van der Waals surface area contributed by atoms with Gasteiger partial charge in [-0.2, -0.15) is 0 Å². The van der Waals surface area contributed by atoms with Crippen LogP contribution in [0.15, 0.2) is 54.7 Å². The smallest absolute Gasteiger partial charge is 0.410 e. The molecule has 0 spiro atoms. The van der Waals surface area contributed by atoms with Crippen molar-refractivity contribution in [3.8, 4) is 11.5 Å². The predicted octanol–water partition coefficient (Wildman–Crippen LogP) is 4.76. The van der Waals surface area contributed by atoms with Crippen molar-refractivity contribution in [1.29, 1.82) is 0 Å². The van der Waals surface area contributed by atoms with E-state index in [2.05, 4.69) is 33.7 Å². The van der Waals surface area contributed by atoms with Gasteiger partial charge in [0, 0.05) is 30.7 Å². The fourth-order valence-electron chi connectivity index (χ4n) is 4.16. The summed E-state index contributed by atoms with van der Waals surface area (Å²) in [5, 5.41) is 13.3. The molecular weight excluding hydrogens is 416 g/mol. The Kier molecular flexibility index (Phi) is 5.36. The molecule has 4 aromatic rings. The fourth-order valence-corrected chi connectivity index (χ4v) is 4.16. The maximum absolute atomic E-state index is 12.4. The maximum atomic E-state index is 12.4. The van der Waals surface area contributed by atoms with Gasteiger partial charge in [0.25, 0.3) is 0 Å². The number of hydrogen-bond acceptors (Lipinski definition) is 6. The van der Waals surface area contributed by atoms with Crippen molar-refractivity contribution >= 4 is 28.3 Å². The first-order chi connectivity index (χ1) is 15.9. The molecule has 33 heavy (non-hydrogen) atoms. The predicted molar refractivity (Wildman–Crippen MR) is 128 cm³/mol. The van der Waals surface area contributed by atoms with Gasteiger partial charge in [-0.25, -0.2) is 9.78 Å². The molecule has 1 N–H and O–H groups in total. The molecule has 5 rings (SSSR count). The Morgan fingerprint density at radius 3 is 2.64 bits per heavy atom. The lowest BCUT2D eigenvalue weighted by Gasteiger charge is -2.34. The zero-order valence-corrected chi connectivity index (χ0v) is 19.2. The van der Waals surface area contributed by atoms with E-state index in [0.717, 1.165) is 40.8 Å². The first-order valence-electron chi connectivity index (χ1n) is 11.3. The summed E-state index contributed by atoms with van der Waals surface area (Å²) in [5.74, 6) is 0.716. The highest BCUT2D eigenvalue weighted by Crippen LogP contribution is 2.27. The first kappa shape index (κ1) is 21.2. The van der Waals surface area contributed by atoms with Gasteiger partial charge in [0.15, 0.2) is 11.5 Å². The van der Waals surface area contributed by atoms with E-state index in [4.69, 9.17) is 9.72 Å². The molecule has 3 aromatic heterocycles. The summed E-state index contributed by atoms with van der Waals surface area (Å²) in [5.41, 5.74) is 2.97. The van der Waals surface area contributed by atoms with E-state index >= 15 is 0 Å². The lowest BCUT2D eigenvalue weighted by atomic mass is 10.0. The van der Waals surface area contributed by atoms with Crippen molar-refractivity contribution in [2.45, 2.75) is 45.3 Å². The number of fused-ring (bicyclic) bond motifs is 2. The normalized spacial score (nSPS) is 15.2. The van der Waals surface area contributed by atoms with Gasteiger partial charge in [0.1, 0.15) is 11.3 Å². The highest BCUT2D eigenvalue weighted by atomic mass is 16.6. The standard InChI is InChI=1S/C25H28N6O2/c1-25(2,3)33-24(32)30-15-12-18(13-16-30)26-19-8-6-7-17-10-11-20(27-22(17)19)23-29-28-21-9-4-5-14-31(21)23/h4-11,14,18,26H,12-13,15-16H2,1-3H3. The summed E-state index contributed by atoms with van der Waals surface area (Å²) >= 11 is 0. The van der Waals surface area contributed by atoms with Gasteiger partial charge in [-0.1, -0.05) is 24.3 Å². The second-order valence-electron chi connectivity index (χ2n) is 9.41. The highest BCUT2D eigenvalue weighted by Gasteiger charge is 2.27. The number of carbonyl (C=O) groups is 1. The minimum absolute atomic E-state index is 0.238. The van der Waals surface area contributed by atoms with Crippen LogP contribution in [0, 0.1) is 0 Å². The third-order valence-electron chi connectivity index (χ3n) is 5.77. The number of rotatable bonds is 3. The van der Waals surface area contributed by atoms with Crippen LogP contribution in [0.3, 0.4) is 0 Å². The topological polar surface area (TPSA) is 84.6 Å². The molecule has 170 valence electrons. The molecule has 0 radical (unpaired) electrons. The van der Waals surface area contributed by atoms with Crippen molar-refractivity contribution in [3.05, 3.63) is 54.7 Å². The number of pyridine rings is 2. The summed E-state index contributed by atoms with van der Waals surface area (Å²) in [4.78, 5) is 19.1. The zero-order chi connectivity index (χ0) is 23.0. The quantitative estimate of drug-likeness (QED) is 0.491. The number of piperidine rings is 1. The molecule has 8 heteroatoms. The Labute approximate surface area is 192 Å². The van der Waals surface area contributed by atoms with Crippen LogP contribution in [-0.4, -0.2) is 55.3 Å². The summed E-state index contributed by atoms with van der Waals surface area (Å²) in [6.45, 7) is 7.01. The van der Waals surface area contributed by atoms with Crippen molar-refractivity contribution in [2.24, 2.45) is 0 Å². The number of benzene rings is 1. The van der Waals surface area contributed by atoms with E-state index in [0.29, 0.717) is 18.9 Å². The van der Waals surface area contributed by atoms with Gasteiger partial charge in [-0.3, -0.25) is 4.40 Å². The summed E-state index contributed by atoms with van der Waals surface area (Å²) in [6.07, 6.45) is 3.41. The van der Waals surface area contributed by atoms with Gasteiger partial charge in [-0.15, -0.1) is 10.2 Å². The first-order valence-corrected chi connectivity index (χ1v) is 11.3. The van der Waals surface area contributed by atoms with Crippen LogP contribution in [0.4, 0.5) is 10.5 Å². The highest BCUT2D eigenvalue weighted by molar-refractivity contribution is 5.91. The van der Waals surface area contributed by atoms with Crippen molar-refractivity contribution in [2.75, 3.05) is 18.4 Å². The number of ether oxygens (including phenoxy) is 1. The number of hydrogen-bond donors (Lipinski definition) is 1. The van der Waals surface area contributed by atoms with E-state index in [1.54, 1.807) is 4.90 Å². The maximum Gasteiger partial charge on any atom is 0.410 e. The van der Waals surface area contributed by atoms with Gasteiger partial charge < -0.3 is 15.0 Å². The molecule has 8 nitrogen and oxygen atoms in total. The number of carbonyl (C=O) groups excluding carboxylic acids is 1. The van der Waals surface area contributed by atoms with Crippen LogP contribution < -0.4 is 5.32 Å². The van der Waals surface area contributed by atoms with Crippen LogP contribution in [0.25, 0.3) is 28.1 Å². The number of nitrogens with one attached hydrogen (secondary N) is 1. The molecule has 1 aliphatic rings. The van der Waals surface area contributed by atoms with Crippen molar-refractivity contribution in [1.82, 2.24) is 24.5 Å². The molecule has 0 saturated carbocycles. The summed E-state index contributed by atoms with van der Waals surface area (Å²) in [7, 11) is 0. The van der Waals surface area contributed by atoms with Gasteiger partial charge in [0.05, 0.1) is 11.2 Å². The monoisotopic (exact) mass is 444 g/mol. The number of nitrogens with zero attached hydrogens (tertiary/aromatic N) is 5. The molecule has 4 heterocycles. The largest absolute Gasteiger partial charge is 0.444 e. The van der Waals surface area contributed by atoms with Crippen molar-refractivity contribution < 1.29 is 9.53 Å². The molecule has 0 bridgehead atoms. The number of para-hydroxylation sites is 1. The van der Waals surface area contributed by atoms with E-state index < -0.39 is 5.60 Å². The minimum Gasteiger partial charge on any atom is -0.444 e. The van der Waals surface area contributed by atoms with Gasteiger partial charge in [0.2, 0.25) is 0 Å². The van der Waals surface area contributed by atoms with Crippen molar-refractivity contribution in [3.63, 3.8) is 0 Å². The Bertz CT molecular complexity index is 1300. The van der Waals surface area contributed by atoms with Gasteiger partial charge >= 0.3 is 6.09 Å². The minimum atomic E-state index is -0.478. The zero-order valence-electron chi connectivity index (χ0n) is 19.2. The second kappa shape index (κ2) is 8.35. The van der Waals surface area contributed by atoms with E-state index in [-0.39, 0.29) is 12.1 Å². The number of anilines is 1. The lowest BCUT2D eigenvalue weighted by molar-refractivity contribution is 0.0210. The molecule has 1 saturated heterocycles. The fraction of sp³-hybridized carbons (Fsp3) is 0.360. The Balaban J connectivity index is 1.35. The van der Waals surface area contributed by atoms with Crippen LogP contribution in [0.1, 0.15) is 33.6 Å². The molecule has 1 aromatic carbocycles. The van der Waals surface area contributed by atoms with E-state index in [9.17, 15) is 4.79 Å². The summed E-state index contributed by atoms with van der Waals surface area (Å²) in [6, 6.07) is 16.3. The Hall–Kier alpha value is -3.68.